The van der Waals surface area contributed by atoms with Crippen LogP contribution in [0.15, 0.2) is 35.3 Å². The number of hydrogen-bond acceptors (Lipinski definition) is 3. The third-order valence-corrected chi connectivity index (χ3v) is 3.88. The summed E-state index contributed by atoms with van der Waals surface area (Å²) in [5.74, 6) is 0.844. The van der Waals surface area contributed by atoms with Crippen molar-refractivity contribution in [2.75, 3.05) is 26.9 Å². The molecule has 3 atom stereocenters. The number of methoxy groups -OCH3 is 1. The van der Waals surface area contributed by atoms with Gasteiger partial charge in [-0.3, -0.25) is 4.99 Å². The molecule has 1 aliphatic heterocycles. The fourth-order valence-corrected chi connectivity index (χ4v) is 2.85. The Morgan fingerprint density at radius 3 is 2.95 bits per heavy atom. The van der Waals surface area contributed by atoms with Gasteiger partial charge in [0.15, 0.2) is 5.96 Å². The van der Waals surface area contributed by atoms with Crippen LogP contribution < -0.4 is 11.1 Å². The van der Waals surface area contributed by atoms with Crippen LogP contribution in [0.2, 0.25) is 0 Å². The Balaban J connectivity index is 1.94. The molecule has 0 amide bonds. The highest BCUT2D eigenvalue weighted by Gasteiger charge is 2.27. The van der Waals surface area contributed by atoms with Crippen molar-refractivity contribution in [3.8, 4) is 0 Å². The van der Waals surface area contributed by atoms with Gasteiger partial charge in [-0.2, -0.15) is 0 Å². The van der Waals surface area contributed by atoms with E-state index >= 15 is 0 Å². The van der Waals surface area contributed by atoms with Gasteiger partial charge in [-0.05, 0) is 25.3 Å². The van der Waals surface area contributed by atoms with Gasteiger partial charge in [0.25, 0.3) is 0 Å². The molecule has 122 valence electrons. The van der Waals surface area contributed by atoms with E-state index in [0.29, 0.717) is 25.0 Å². The van der Waals surface area contributed by atoms with Crippen LogP contribution in [0, 0.1) is 5.92 Å². The first-order valence-electron chi connectivity index (χ1n) is 7.92. The molecule has 1 heterocycles. The van der Waals surface area contributed by atoms with Crippen LogP contribution in [0.3, 0.4) is 0 Å². The van der Waals surface area contributed by atoms with Crippen molar-refractivity contribution >= 4 is 5.96 Å². The van der Waals surface area contributed by atoms with Gasteiger partial charge >= 0.3 is 0 Å². The van der Waals surface area contributed by atoms with E-state index in [1.54, 1.807) is 7.11 Å². The number of nitrogens with zero attached hydrogens (tertiary/aromatic N) is 1. The molecule has 0 bridgehead atoms. The topological polar surface area (TPSA) is 68.9 Å². The molecule has 5 heteroatoms. The molecule has 22 heavy (non-hydrogen) atoms. The van der Waals surface area contributed by atoms with Crippen molar-refractivity contribution in [3.05, 3.63) is 35.9 Å². The lowest BCUT2D eigenvalue weighted by Crippen LogP contribution is -2.41. The van der Waals surface area contributed by atoms with E-state index in [2.05, 4.69) is 34.6 Å². The fraction of sp³-hybridized carbons (Fsp3) is 0.588. The highest BCUT2D eigenvalue weighted by Crippen LogP contribution is 2.33. The Morgan fingerprint density at radius 2 is 2.23 bits per heavy atom. The van der Waals surface area contributed by atoms with E-state index in [9.17, 15) is 0 Å². The number of nitrogens with two attached hydrogens (primary N) is 1. The average Bonchev–Trinajstić information content (AvgIpc) is 2.54. The molecule has 2 rings (SSSR count). The molecule has 0 aliphatic carbocycles. The maximum absolute atomic E-state index is 5.98. The first-order valence-corrected chi connectivity index (χ1v) is 7.92. The SMILES string of the molecule is COCC(C)NC(N)=NCC1CCCOC1c1ccccc1. The second kappa shape index (κ2) is 8.76. The average molecular weight is 305 g/mol. The van der Waals surface area contributed by atoms with E-state index < -0.39 is 0 Å². The predicted molar refractivity (Wildman–Crippen MR) is 88.8 cm³/mol. The van der Waals surface area contributed by atoms with Gasteiger partial charge in [0.05, 0.1) is 12.7 Å². The zero-order chi connectivity index (χ0) is 15.8. The molecule has 3 unspecified atom stereocenters. The summed E-state index contributed by atoms with van der Waals surface area (Å²) in [7, 11) is 1.68. The van der Waals surface area contributed by atoms with Crippen LogP contribution >= 0.6 is 0 Å². The molecular formula is C17H27N3O2. The maximum Gasteiger partial charge on any atom is 0.188 e. The fourth-order valence-electron chi connectivity index (χ4n) is 2.85. The van der Waals surface area contributed by atoms with Crippen LogP contribution in [-0.2, 0) is 9.47 Å². The number of ether oxygens (including phenoxy) is 2. The minimum absolute atomic E-state index is 0.114. The van der Waals surface area contributed by atoms with Gasteiger partial charge in [-0.1, -0.05) is 30.3 Å². The molecule has 1 saturated heterocycles. The molecule has 3 N–H and O–H groups in total. The van der Waals surface area contributed by atoms with Crippen molar-refractivity contribution in [2.24, 2.45) is 16.6 Å². The number of rotatable bonds is 6. The number of nitrogens with one attached hydrogen (secondary N) is 1. The second-order valence-electron chi connectivity index (χ2n) is 5.83. The molecule has 1 aromatic carbocycles. The number of aliphatic imine (C=N–C) groups is 1. The van der Waals surface area contributed by atoms with Crippen LogP contribution in [0.1, 0.15) is 31.4 Å². The summed E-state index contributed by atoms with van der Waals surface area (Å²) in [4.78, 5) is 4.49. The highest BCUT2D eigenvalue weighted by molar-refractivity contribution is 5.78. The van der Waals surface area contributed by atoms with Gasteiger partial charge < -0.3 is 20.5 Å². The van der Waals surface area contributed by atoms with Crippen LogP contribution in [0.4, 0.5) is 0 Å². The molecule has 0 radical (unpaired) electrons. The highest BCUT2D eigenvalue weighted by atomic mass is 16.5. The maximum atomic E-state index is 5.98. The van der Waals surface area contributed by atoms with Crippen LogP contribution in [0.5, 0.6) is 0 Å². The Hall–Kier alpha value is -1.59. The Bertz CT molecular complexity index is 464. The molecule has 1 aromatic rings. The Kier molecular flexibility index (Phi) is 6.68. The first-order chi connectivity index (χ1) is 10.7. The van der Waals surface area contributed by atoms with E-state index in [0.717, 1.165) is 19.4 Å². The summed E-state index contributed by atoms with van der Waals surface area (Å²) >= 11 is 0. The van der Waals surface area contributed by atoms with E-state index in [1.165, 1.54) is 5.56 Å². The summed E-state index contributed by atoms with van der Waals surface area (Å²) in [5.41, 5.74) is 7.17. The third-order valence-electron chi connectivity index (χ3n) is 3.88. The van der Waals surface area contributed by atoms with Crippen molar-refractivity contribution in [3.63, 3.8) is 0 Å². The largest absolute Gasteiger partial charge is 0.383 e. The van der Waals surface area contributed by atoms with Crippen LogP contribution in [-0.4, -0.2) is 38.9 Å². The van der Waals surface area contributed by atoms with E-state index in [1.807, 2.05) is 13.0 Å². The molecule has 0 spiro atoms. The van der Waals surface area contributed by atoms with E-state index in [4.69, 9.17) is 15.2 Å². The van der Waals surface area contributed by atoms with Gasteiger partial charge in [0.2, 0.25) is 0 Å². The Morgan fingerprint density at radius 1 is 1.45 bits per heavy atom. The van der Waals surface area contributed by atoms with E-state index in [-0.39, 0.29) is 12.1 Å². The van der Waals surface area contributed by atoms with Crippen molar-refractivity contribution in [1.29, 1.82) is 0 Å². The molecular weight excluding hydrogens is 278 g/mol. The standard InChI is InChI=1S/C17H27N3O2/c1-13(12-21-2)20-17(18)19-11-15-9-6-10-22-16(15)14-7-4-3-5-8-14/h3-5,7-8,13,15-16H,6,9-12H2,1-2H3,(H3,18,19,20). The monoisotopic (exact) mass is 305 g/mol. The molecule has 5 nitrogen and oxygen atoms in total. The van der Waals surface area contributed by atoms with Crippen molar-refractivity contribution in [2.45, 2.75) is 31.9 Å². The summed E-state index contributed by atoms with van der Waals surface area (Å²) in [6, 6.07) is 10.5. The van der Waals surface area contributed by atoms with Gasteiger partial charge in [0, 0.05) is 32.2 Å². The number of benzene rings is 1. The van der Waals surface area contributed by atoms with Crippen LogP contribution in [0.25, 0.3) is 0 Å². The molecule has 1 fully saturated rings. The lowest BCUT2D eigenvalue weighted by molar-refractivity contribution is -0.0250. The second-order valence-corrected chi connectivity index (χ2v) is 5.83. The summed E-state index contributed by atoms with van der Waals surface area (Å²) in [5, 5.41) is 3.14. The number of guanidine groups is 1. The lowest BCUT2D eigenvalue weighted by atomic mass is 9.89. The molecule has 0 aromatic heterocycles. The van der Waals surface area contributed by atoms with Gasteiger partial charge in [0.1, 0.15) is 0 Å². The Labute approximate surface area is 132 Å². The van der Waals surface area contributed by atoms with Gasteiger partial charge in [-0.15, -0.1) is 0 Å². The summed E-state index contributed by atoms with van der Waals surface area (Å²) in [6.45, 7) is 4.12. The number of hydrogen-bond donors (Lipinski definition) is 2. The van der Waals surface area contributed by atoms with Crippen molar-refractivity contribution in [1.82, 2.24) is 5.32 Å². The minimum atomic E-state index is 0.114. The summed E-state index contributed by atoms with van der Waals surface area (Å²) in [6.07, 6.45) is 2.31. The quantitative estimate of drug-likeness (QED) is 0.624. The lowest BCUT2D eigenvalue weighted by Gasteiger charge is -2.31. The van der Waals surface area contributed by atoms with Gasteiger partial charge in [-0.25, -0.2) is 0 Å². The molecule has 0 saturated carbocycles. The first kappa shape index (κ1) is 16.8. The summed E-state index contributed by atoms with van der Waals surface area (Å²) < 4.78 is 11.1. The zero-order valence-electron chi connectivity index (χ0n) is 13.5. The predicted octanol–water partition coefficient (Wildman–Crippen LogP) is 2.09. The smallest absolute Gasteiger partial charge is 0.188 e. The van der Waals surface area contributed by atoms with Crippen molar-refractivity contribution < 1.29 is 9.47 Å². The third kappa shape index (κ3) is 5.00. The zero-order valence-corrected chi connectivity index (χ0v) is 13.5. The normalized spacial score (nSPS) is 24.0. The minimum Gasteiger partial charge on any atom is -0.383 e. The molecule has 1 aliphatic rings.